The third kappa shape index (κ3) is 4.48. The minimum Gasteiger partial charge on any atom is -0.350 e. The van der Waals surface area contributed by atoms with E-state index in [-0.39, 0.29) is 17.4 Å². The van der Waals surface area contributed by atoms with E-state index in [9.17, 15) is 14.9 Å². The van der Waals surface area contributed by atoms with Crippen LogP contribution in [0.5, 0.6) is 0 Å². The molecule has 2 heterocycles. The number of hydrogen-bond acceptors (Lipinski definition) is 5. The molecular weight excluding hydrogens is 330 g/mol. The summed E-state index contributed by atoms with van der Waals surface area (Å²) in [5.41, 5.74) is 1.22. The monoisotopic (exact) mass is 353 g/mol. The summed E-state index contributed by atoms with van der Waals surface area (Å²) >= 11 is 0. The highest BCUT2D eigenvalue weighted by atomic mass is 16.6. The molecule has 1 aliphatic heterocycles. The second-order valence-electron chi connectivity index (χ2n) is 6.86. The summed E-state index contributed by atoms with van der Waals surface area (Å²) in [6.07, 6.45) is 10.4. The van der Waals surface area contributed by atoms with Crippen molar-refractivity contribution >= 4 is 17.3 Å². The molecule has 0 unspecified atom stereocenters. The van der Waals surface area contributed by atoms with Gasteiger partial charge in [0.15, 0.2) is 0 Å². The standard InChI is InChI=1S/C20H23N3O3/c24-19(17-7-2-1-3-8-17)10-4-6-16-11-14-22(15-12-16)20-18(23(25)26)9-5-13-21-20/h5-6,9,13,17H,1-3,7-8,11-12,14-15H2. The summed E-state index contributed by atoms with van der Waals surface area (Å²) < 4.78 is 0. The first-order chi connectivity index (χ1) is 12.6. The molecule has 1 aliphatic carbocycles. The SMILES string of the molecule is O=C(C#CC=C1CCN(c2ncccc2[N+](=O)[O-])CC1)C1CCCCC1. The molecule has 6 heteroatoms. The number of aromatic nitrogens is 1. The van der Waals surface area contributed by atoms with E-state index in [0.29, 0.717) is 18.9 Å². The smallest absolute Gasteiger partial charge is 0.311 e. The van der Waals surface area contributed by atoms with Crippen LogP contribution in [0.15, 0.2) is 30.0 Å². The lowest BCUT2D eigenvalue weighted by Gasteiger charge is -2.28. The Balaban J connectivity index is 1.57. The van der Waals surface area contributed by atoms with Crippen LogP contribution in [0.25, 0.3) is 0 Å². The van der Waals surface area contributed by atoms with Crippen molar-refractivity contribution in [1.29, 1.82) is 0 Å². The fourth-order valence-corrected chi connectivity index (χ4v) is 3.60. The van der Waals surface area contributed by atoms with Gasteiger partial charge in [0, 0.05) is 31.3 Å². The molecule has 2 aliphatic rings. The molecule has 2 fully saturated rings. The van der Waals surface area contributed by atoms with Crippen molar-refractivity contribution in [3.63, 3.8) is 0 Å². The van der Waals surface area contributed by atoms with Gasteiger partial charge < -0.3 is 4.90 Å². The Kier molecular flexibility index (Phi) is 6.00. The van der Waals surface area contributed by atoms with Gasteiger partial charge in [-0.2, -0.15) is 0 Å². The van der Waals surface area contributed by atoms with Crippen LogP contribution >= 0.6 is 0 Å². The quantitative estimate of drug-likeness (QED) is 0.359. The number of Topliss-reactive ketones (excluding diaryl/α,β-unsaturated/α-hetero) is 1. The Bertz CT molecular complexity index is 760. The number of ketones is 1. The lowest BCUT2D eigenvalue weighted by molar-refractivity contribution is -0.384. The number of carbonyl (C=O) groups is 1. The molecule has 1 aromatic rings. The van der Waals surface area contributed by atoms with E-state index in [1.54, 1.807) is 12.3 Å². The van der Waals surface area contributed by atoms with Crippen molar-refractivity contribution in [1.82, 2.24) is 4.98 Å². The highest BCUT2D eigenvalue weighted by molar-refractivity contribution is 5.97. The zero-order chi connectivity index (χ0) is 18.4. The molecule has 0 aromatic carbocycles. The molecule has 136 valence electrons. The number of hydrogen-bond donors (Lipinski definition) is 0. The first-order valence-electron chi connectivity index (χ1n) is 9.23. The van der Waals surface area contributed by atoms with Crippen molar-refractivity contribution in [2.75, 3.05) is 18.0 Å². The van der Waals surface area contributed by atoms with Crippen LogP contribution in [0.1, 0.15) is 44.9 Å². The van der Waals surface area contributed by atoms with Crippen LogP contribution in [-0.4, -0.2) is 28.8 Å². The van der Waals surface area contributed by atoms with Gasteiger partial charge in [-0.1, -0.05) is 30.8 Å². The molecule has 1 saturated heterocycles. The Hall–Kier alpha value is -2.68. The molecule has 1 aromatic heterocycles. The summed E-state index contributed by atoms with van der Waals surface area (Å²) in [6.45, 7) is 1.34. The predicted octanol–water partition coefficient (Wildman–Crippen LogP) is 3.67. The number of piperidine rings is 1. The molecule has 0 spiro atoms. The van der Waals surface area contributed by atoms with Gasteiger partial charge in [0.2, 0.25) is 11.6 Å². The van der Waals surface area contributed by atoms with E-state index >= 15 is 0 Å². The topological polar surface area (TPSA) is 76.3 Å². The maximum absolute atomic E-state index is 12.1. The largest absolute Gasteiger partial charge is 0.350 e. The summed E-state index contributed by atoms with van der Waals surface area (Å²) in [5.74, 6) is 6.34. The van der Waals surface area contributed by atoms with Crippen molar-refractivity contribution in [2.24, 2.45) is 5.92 Å². The van der Waals surface area contributed by atoms with Gasteiger partial charge >= 0.3 is 5.69 Å². The first-order valence-corrected chi connectivity index (χ1v) is 9.23. The molecule has 26 heavy (non-hydrogen) atoms. The van der Waals surface area contributed by atoms with Gasteiger partial charge in [-0.25, -0.2) is 4.98 Å². The van der Waals surface area contributed by atoms with Gasteiger partial charge in [-0.3, -0.25) is 14.9 Å². The van der Waals surface area contributed by atoms with Crippen LogP contribution in [0.3, 0.4) is 0 Å². The third-order valence-corrected chi connectivity index (χ3v) is 5.12. The minimum absolute atomic E-state index is 0.0396. The maximum Gasteiger partial charge on any atom is 0.311 e. The van der Waals surface area contributed by atoms with Crippen molar-refractivity contribution in [3.05, 3.63) is 40.1 Å². The Labute approximate surface area is 153 Å². The first kappa shape index (κ1) is 18.1. The molecule has 0 amide bonds. The highest BCUT2D eigenvalue weighted by Gasteiger charge is 2.23. The van der Waals surface area contributed by atoms with Gasteiger partial charge in [0.05, 0.1) is 4.92 Å². The number of rotatable bonds is 3. The molecule has 3 rings (SSSR count). The van der Waals surface area contributed by atoms with Crippen LogP contribution in [0.2, 0.25) is 0 Å². The van der Waals surface area contributed by atoms with Crippen LogP contribution in [-0.2, 0) is 4.79 Å². The number of nitrogens with zero attached hydrogens (tertiary/aromatic N) is 3. The molecule has 0 atom stereocenters. The minimum atomic E-state index is -0.393. The molecule has 0 radical (unpaired) electrons. The Morgan fingerprint density at radius 3 is 2.69 bits per heavy atom. The average molecular weight is 353 g/mol. The number of allylic oxidation sites excluding steroid dienone is 1. The van der Waals surface area contributed by atoms with Crippen LogP contribution in [0, 0.1) is 27.9 Å². The summed E-state index contributed by atoms with van der Waals surface area (Å²) in [7, 11) is 0. The van der Waals surface area contributed by atoms with E-state index in [4.69, 9.17) is 0 Å². The van der Waals surface area contributed by atoms with E-state index in [1.165, 1.54) is 18.1 Å². The Morgan fingerprint density at radius 1 is 1.27 bits per heavy atom. The average Bonchev–Trinajstić information content (AvgIpc) is 2.69. The molecular formula is C20H23N3O3. The van der Waals surface area contributed by atoms with E-state index in [0.717, 1.165) is 38.5 Å². The fourth-order valence-electron chi connectivity index (χ4n) is 3.60. The fraction of sp³-hybridized carbons (Fsp3) is 0.500. The molecule has 1 saturated carbocycles. The number of nitro groups is 1. The van der Waals surface area contributed by atoms with E-state index < -0.39 is 4.92 Å². The van der Waals surface area contributed by atoms with Crippen molar-refractivity contribution in [3.8, 4) is 11.8 Å². The zero-order valence-electron chi connectivity index (χ0n) is 14.8. The molecule has 6 nitrogen and oxygen atoms in total. The number of carbonyl (C=O) groups excluding carboxylic acids is 1. The third-order valence-electron chi connectivity index (χ3n) is 5.12. The second kappa shape index (κ2) is 8.61. The van der Waals surface area contributed by atoms with Gasteiger partial charge in [-0.05, 0) is 43.7 Å². The zero-order valence-corrected chi connectivity index (χ0v) is 14.8. The summed E-state index contributed by atoms with van der Waals surface area (Å²) in [5, 5.41) is 11.1. The lowest BCUT2D eigenvalue weighted by atomic mass is 9.86. The predicted molar refractivity (Wildman–Crippen MR) is 99.8 cm³/mol. The highest BCUT2D eigenvalue weighted by Crippen LogP contribution is 2.28. The normalized spacial score (nSPS) is 18.0. The van der Waals surface area contributed by atoms with Crippen LogP contribution in [0.4, 0.5) is 11.5 Å². The maximum atomic E-state index is 12.1. The number of pyridine rings is 1. The van der Waals surface area contributed by atoms with Gasteiger partial charge in [-0.15, -0.1) is 0 Å². The van der Waals surface area contributed by atoms with Gasteiger partial charge in [0.25, 0.3) is 0 Å². The van der Waals surface area contributed by atoms with Crippen molar-refractivity contribution < 1.29 is 9.72 Å². The lowest BCUT2D eigenvalue weighted by Crippen LogP contribution is -2.31. The van der Waals surface area contributed by atoms with Gasteiger partial charge in [0.1, 0.15) is 0 Å². The second-order valence-corrected chi connectivity index (χ2v) is 6.86. The molecule has 0 N–H and O–H groups in total. The van der Waals surface area contributed by atoms with E-state index in [1.807, 2.05) is 11.0 Å². The number of anilines is 1. The van der Waals surface area contributed by atoms with E-state index in [2.05, 4.69) is 16.8 Å². The van der Waals surface area contributed by atoms with Crippen LogP contribution < -0.4 is 4.90 Å². The molecule has 0 bridgehead atoms. The Morgan fingerprint density at radius 2 is 2.00 bits per heavy atom. The summed E-state index contributed by atoms with van der Waals surface area (Å²) in [4.78, 5) is 29.0. The van der Waals surface area contributed by atoms with Crippen molar-refractivity contribution in [2.45, 2.75) is 44.9 Å². The summed E-state index contributed by atoms with van der Waals surface area (Å²) in [6, 6.07) is 3.06.